The number of aromatic nitrogens is 2. The quantitative estimate of drug-likeness (QED) is 0.756. The van der Waals surface area contributed by atoms with Crippen LogP contribution in [-0.2, 0) is 17.8 Å². The molecule has 0 fully saturated rings. The normalized spacial score (nSPS) is 11.1. The molecule has 0 aliphatic carbocycles. The number of aromatic amines is 1. The number of rotatable bonds is 8. The third kappa shape index (κ3) is 5.68. The maximum Gasteiger partial charge on any atom is 0.254 e. The van der Waals surface area contributed by atoms with E-state index >= 15 is 0 Å². The van der Waals surface area contributed by atoms with Crippen molar-refractivity contribution in [1.82, 2.24) is 14.9 Å². The highest BCUT2D eigenvalue weighted by molar-refractivity contribution is 5.78. The number of carbonyl (C=O) groups is 1. The smallest absolute Gasteiger partial charge is 0.254 e. The standard InChI is InChI=1S/C22H31N3O3/c1-14(2)12-25(22(27)15(3)4)13-20-23-16(5)19(21(26)24-20)11-17-8-7-9-18(10-17)28-6/h7-10,14-15H,11-13H2,1-6H3,(H,23,24,26). The van der Waals surface area contributed by atoms with Crippen LogP contribution in [0.5, 0.6) is 5.75 Å². The van der Waals surface area contributed by atoms with Crippen LogP contribution in [0.15, 0.2) is 29.1 Å². The van der Waals surface area contributed by atoms with Crippen molar-refractivity contribution in [3.63, 3.8) is 0 Å². The number of methoxy groups -OCH3 is 1. The molecule has 2 aromatic rings. The van der Waals surface area contributed by atoms with Gasteiger partial charge in [0.25, 0.3) is 5.56 Å². The molecule has 1 N–H and O–H groups in total. The van der Waals surface area contributed by atoms with Gasteiger partial charge in [-0.1, -0.05) is 39.8 Å². The zero-order chi connectivity index (χ0) is 20.8. The van der Waals surface area contributed by atoms with Gasteiger partial charge in [0, 0.05) is 30.1 Å². The van der Waals surface area contributed by atoms with Crippen molar-refractivity contribution in [3.05, 3.63) is 57.3 Å². The predicted molar refractivity (Wildman–Crippen MR) is 110 cm³/mol. The van der Waals surface area contributed by atoms with E-state index in [2.05, 4.69) is 23.8 Å². The van der Waals surface area contributed by atoms with Crippen molar-refractivity contribution in [2.45, 2.75) is 47.6 Å². The molecule has 6 heteroatoms. The maximum atomic E-state index is 12.7. The van der Waals surface area contributed by atoms with Crippen LogP contribution in [0.25, 0.3) is 0 Å². The van der Waals surface area contributed by atoms with Gasteiger partial charge in [-0.15, -0.1) is 0 Å². The third-order valence-corrected chi connectivity index (χ3v) is 4.52. The van der Waals surface area contributed by atoms with E-state index in [1.165, 1.54) is 0 Å². The first-order valence-electron chi connectivity index (χ1n) is 9.71. The van der Waals surface area contributed by atoms with Gasteiger partial charge in [-0.3, -0.25) is 9.59 Å². The lowest BCUT2D eigenvalue weighted by Crippen LogP contribution is -2.37. The third-order valence-electron chi connectivity index (χ3n) is 4.52. The van der Waals surface area contributed by atoms with Crippen LogP contribution < -0.4 is 10.3 Å². The van der Waals surface area contributed by atoms with Gasteiger partial charge in [0.05, 0.1) is 13.7 Å². The molecule has 0 radical (unpaired) electrons. The summed E-state index contributed by atoms with van der Waals surface area (Å²) in [6.07, 6.45) is 0.478. The van der Waals surface area contributed by atoms with E-state index in [4.69, 9.17) is 4.74 Å². The van der Waals surface area contributed by atoms with Gasteiger partial charge >= 0.3 is 0 Å². The minimum Gasteiger partial charge on any atom is -0.497 e. The number of carbonyl (C=O) groups excluding carboxylic acids is 1. The van der Waals surface area contributed by atoms with Crippen LogP contribution in [0.3, 0.4) is 0 Å². The molecule has 0 aliphatic heterocycles. The average molecular weight is 386 g/mol. The highest BCUT2D eigenvalue weighted by Gasteiger charge is 2.20. The molecule has 0 saturated carbocycles. The summed E-state index contributed by atoms with van der Waals surface area (Å²) >= 11 is 0. The lowest BCUT2D eigenvalue weighted by atomic mass is 10.0. The molecule has 0 unspecified atom stereocenters. The largest absolute Gasteiger partial charge is 0.497 e. The topological polar surface area (TPSA) is 75.3 Å². The summed E-state index contributed by atoms with van der Waals surface area (Å²) in [6, 6.07) is 7.65. The summed E-state index contributed by atoms with van der Waals surface area (Å²) in [7, 11) is 1.62. The zero-order valence-electron chi connectivity index (χ0n) is 17.7. The van der Waals surface area contributed by atoms with Crippen LogP contribution in [-0.4, -0.2) is 34.4 Å². The van der Waals surface area contributed by atoms with Crippen molar-refractivity contribution in [2.24, 2.45) is 11.8 Å². The Kier molecular flexibility index (Phi) is 7.38. The summed E-state index contributed by atoms with van der Waals surface area (Å²) in [5, 5.41) is 0. The molecule has 1 aromatic heterocycles. The number of amides is 1. The van der Waals surface area contributed by atoms with Crippen molar-refractivity contribution in [1.29, 1.82) is 0 Å². The molecule has 0 spiro atoms. The number of hydrogen-bond donors (Lipinski definition) is 1. The Morgan fingerprint density at radius 3 is 2.54 bits per heavy atom. The molecule has 0 bridgehead atoms. The van der Waals surface area contributed by atoms with Crippen molar-refractivity contribution >= 4 is 5.91 Å². The van der Waals surface area contributed by atoms with Gasteiger partial charge in [-0.2, -0.15) is 0 Å². The number of H-pyrrole nitrogens is 1. The Morgan fingerprint density at radius 1 is 1.25 bits per heavy atom. The highest BCUT2D eigenvalue weighted by atomic mass is 16.5. The lowest BCUT2D eigenvalue weighted by molar-refractivity contribution is -0.135. The molecular weight excluding hydrogens is 354 g/mol. The van der Waals surface area contributed by atoms with Gasteiger partial charge in [0.15, 0.2) is 0 Å². The minimum atomic E-state index is -0.160. The lowest BCUT2D eigenvalue weighted by Gasteiger charge is -2.26. The van der Waals surface area contributed by atoms with Crippen LogP contribution in [0, 0.1) is 18.8 Å². The Morgan fingerprint density at radius 2 is 1.96 bits per heavy atom. The van der Waals surface area contributed by atoms with E-state index < -0.39 is 0 Å². The van der Waals surface area contributed by atoms with Crippen molar-refractivity contribution in [3.8, 4) is 5.75 Å². The van der Waals surface area contributed by atoms with Crippen molar-refractivity contribution < 1.29 is 9.53 Å². The van der Waals surface area contributed by atoms with E-state index in [1.807, 2.05) is 45.0 Å². The monoisotopic (exact) mass is 385 g/mol. The van der Waals surface area contributed by atoms with Crippen LogP contribution in [0.1, 0.15) is 50.3 Å². The summed E-state index contributed by atoms with van der Waals surface area (Å²) < 4.78 is 5.25. The number of nitrogens with zero attached hydrogens (tertiary/aromatic N) is 2. The molecule has 152 valence electrons. The second-order valence-electron chi connectivity index (χ2n) is 7.87. The Balaban J connectivity index is 2.26. The summed E-state index contributed by atoms with van der Waals surface area (Å²) in [6.45, 7) is 10.7. The van der Waals surface area contributed by atoms with E-state index in [9.17, 15) is 9.59 Å². The molecule has 1 heterocycles. The highest BCUT2D eigenvalue weighted by Crippen LogP contribution is 2.16. The fourth-order valence-corrected chi connectivity index (χ4v) is 3.16. The summed E-state index contributed by atoms with van der Waals surface area (Å²) in [5.41, 5.74) is 2.14. The van der Waals surface area contributed by atoms with Gasteiger partial charge in [0.1, 0.15) is 11.6 Å². The Labute approximate surface area is 167 Å². The molecule has 0 saturated heterocycles. The average Bonchev–Trinajstić information content (AvgIpc) is 2.63. The van der Waals surface area contributed by atoms with E-state index in [-0.39, 0.29) is 17.4 Å². The van der Waals surface area contributed by atoms with Crippen LogP contribution in [0.2, 0.25) is 0 Å². The minimum absolute atomic E-state index is 0.0643. The Bertz CT molecular complexity index is 872. The zero-order valence-corrected chi connectivity index (χ0v) is 17.7. The SMILES string of the molecule is COc1cccc(Cc2c(C)nc(CN(CC(C)C)C(=O)C(C)C)[nH]c2=O)c1. The van der Waals surface area contributed by atoms with E-state index in [1.54, 1.807) is 12.0 Å². The number of hydrogen-bond acceptors (Lipinski definition) is 4. The van der Waals surface area contributed by atoms with E-state index in [0.29, 0.717) is 42.5 Å². The molecule has 0 atom stereocenters. The number of ether oxygens (including phenoxy) is 1. The van der Waals surface area contributed by atoms with Crippen molar-refractivity contribution in [2.75, 3.05) is 13.7 Å². The Hall–Kier alpha value is -2.63. The van der Waals surface area contributed by atoms with Gasteiger partial charge < -0.3 is 14.6 Å². The molecule has 0 aliphatic rings. The van der Waals surface area contributed by atoms with Gasteiger partial charge in [0.2, 0.25) is 5.91 Å². The number of nitrogens with one attached hydrogen (secondary N) is 1. The predicted octanol–water partition coefficient (Wildman–Crippen LogP) is 3.32. The molecule has 2 rings (SSSR count). The molecule has 1 aromatic carbocycles. The molecule has 28 heavy (non-hydrogen) atoms. The molecular formula is C22H31N3O3. The van der Waals surface area contributed by atoms with Gasteiger partial charge in [-0.25, -0.2) is 4.98 Å². The first kappa shape index (κ1) is 21.7. The second-order valence-corrected chi connectivity index (χ2v) is 7.87. The molecule has 6 nitrogen and oxygen atoms in total. The fourth-order valence-electron chi connectivity index (χ4n) is 3.16. The second kappa shape index (κ2) is 9.53. The van der Waals surface area contributed by atoms with Crippen LogP contribution in [0.4, 0.5) is 0 Å². The summed E-state index contributed by atoms with van der Waals surface area (Å²) in [5.74, 6) is 1.58. The van der Waals surface area contributed by atoms with Crippen LogP contribution >= 0.6 is 0 Å². The van der Waals surface area contributed by atoms with E-state index in [0.717, 1.165) is 11.3 Å². The van der Waals surface area contributed by atoms with Gasteiger partial charge in [-0.05, 0) is 30.5 Å². The number of aryl methyl sites for hydroxylation is 1. The fraction of sp³-hybridized carbons (Fsp3) is 0.500. The molecule has 1 amide bonds. The number of benzene rings is 1. The maximum absolute atomic E-state index is 12.7. The first-order valence-corrected chi connectivity index (χ1v) is 9.71. The summed E-state index contributed by atoms with van der Waals surface area (Å²) in [4.78, 5) is 34.4. The first-order chi connectivity index (χ1) is 13.2.